The number of hydrogen-bond donors (Lipinski definition) is 2. The van der Waals surface area contributed by atoms with Crippen LogP contribution in [-0.4, -0.2) is 27.0 Å². The van der Waals surface area contributed by atoms with E-state index in [9.17, 15) is 0 Å². The summed E-state index contributed by atoms with van der Waals surface area (Å²) < 4.78 is 7.87. The minimum atomic E-state index is 0.119. The zero-order valence-electron chi connectivity index (χ0n) is 6.10. The van der Waals surface area contributed by atoms with Gasteiger partial charge >= 0.3 is 0 Å². The average molecular weight is 173 g/mol. The Morgan fingerprint density at radius 2 is 2.55 bits per heavy atom. The molecule has 0 aliphatic heterocycles. The number of nitrogens with two attached hydrogens (primary N) is 1. The van der Waals surface area contributed by atoms with E-state index in [-0.39, 0.29) is 12.5 Å². The molecule has 0 saturated carbocycles. The quantitative estimate of drug-likeness (QED) is 0.652. The fraction of sp³-hybridized carbons (Fsp3) is 0.667. The van der Waals surface area contributed by atoms with Gasteiger partial charge in [0.2, 0.25) is 0 Å². The van der Waals surface area contributed by atoms with Crippen LogP contribution in [0.1, 0.15) is 5.69 Å². The van der Waals surface area contributed by atoms with Crippen LogP contribution in [0.3, 0.4) is 0 Å². The van der Waals surface area contributed by atoms with E-state index in [2.05, 4.69) is 8.75 Å². The number of hydrogen-bond acceptors (Lipinski definition) is 5. The van der Waals surface area contributed by atoms with Crippen molar-refractivity contribution in [1.29, 1.82) is 0 Å². The number of aliphatic hydroxyl groups excluding tert-OH is 1. The molecule has 1 atom stereocenters. The minimum Gasteiger partial charge on any atom is -0.396 e. The van der Waals surface area contributed by atoms with Gasteiger partial charge in [0.05, 0.1) is 23.6 Å². The zero-order valence-corrected chi connectivity index (χ0v) is 6.92. The first-order chi connectivity index (χ1) is 5.36. The van der Waals surface area contributed by atoms with E-state index >= 15 is 0 Å². The standard InChI is InChI=1S/C6H11N3OS/c7-2-5(4-10)1-6-3-8-11-9-6/h3,5,10H,1-2,4,7H2. The lowest BCUT2D eigenvalue weighted by atomic mass is 10.1. The van der Waals surface area contributed by atoms with Crippen LogP contribution in [0.2, 0.25) is 0 Å². The molecule has 0 radical (unpaired) electrons. The third-order valence-electron chi connectivity index (χ3n) is 1.50. The molecule has 1 rings (SSSR count). The summed E-state index contributed by atoms with van der Waals surface area (Å²) in [5.41, 5.74) is 6.31. The molecule has 0 aliphatic carbocycles. The van der Waals surface area contributed by atoms with Gasteiger partial charge in [-0.1, -0.05) is 0 Å². The van der Waals surface area contributed by atoms with Crippen molar-refractivity contribution in [3.8, 4) is 0 Å². The van der Waals surface area contributed by atoms with Crippen LogP contribution in [0.25, 0.3) is 0 Å². The second-order valence-corrected chi connectivity index (χ2v) is 2.94. The van der Waals surface area contributed by atoms with E-state index in [1.807, 2.05) is 0 Å². The maximum atomic E-state index is 8.80. The molecule has 0 aliphatic rings. The van der Waals surface area contributed by atoms with Crippen LogP contribution in [0.5, 0.6) is 0 Å². The van der Waals surface area contributed by atoms with Gasteiger partial charge in [-0.2, -0.15) is 8.75 Å². The maximum absolute atomic E-state index is 8.80. The fourth-order valence-corrected chi connectivity index (χ4v) is 1.23. The van der Waals surface area contributed by atoms with Crippen molar-refractivity contribution in [1.82, 2.24) is 8.75 Å². The summed E-state index contributed by atoms with van der Waals surface area (Å²) in [5, 5.41) is 8.80. The van der Waals surface area contributed by atoms with E-state index in [1.165, 1.54) is 11.7 Å². The third-order valence-corrected chi connectivity index (χ3v) is 2.01. The molecule has 62 valence electrons. The van der Waals surface area contributed by atoms with Crippen LogP contribution in [0.4, 0.5) is 0 Å². The van der Waals surface area contributed by atoms with E-state index in [1.54, 1.807) is 6.20 Å². The van der Waals surface area contributed by atoms with Gasteiger partial charge in [-0.3, -0.25) is 0 Å². The average Bonchev–Trinajstić information content (AvgIpc) is 2.52. The Morgan fingerprint density at radius 3 is 3.00 bits per heavy atom. The van der Waals surface area contributed by atoms with Crippen molar-refractivity contribution in [3.63, 3.8) is 0 Å². The van der Waals surface area contributed by atoms with Crippen LogP contribution in [-0.2, 0) is 6.42 Å². The summed E-state index contributed by atoms with van der Waals surface area (Å²) in [6.07, 6.45) is 2.44. The lowest BCUT2D eigenvalue weighted by Crippen LogP contribution is -2.20. The molecule has 5 heteroatoms. The van der Waals surface area contributed by atoms with Crippen molar-refractivity contribution >= 4 is 11.7 Å². The van der Waals surface area contributed by atoms with Gasteiger partial charge in [0.25, 0.3) is 0 Å². The van der Waals surface area contributed by atoms with Gasteiger partial charge in [-0.15, -0.1) is 0 Å². The molecule has 1 aromatic rings. The van der Waals surface area contributed by atoms with Crippen LogP contribution < -0.4 is 5.73 Å². The van der Waals surface area contributed by atoms with E-state index in [0.717, 1.165) is 12.1 Å². The number of nitrogens with zero attached hydrogens (tertiary/aromatic N) is 2. The molecule has 0 amide bonds. The van der Waals surface area contributed by atoms with Gasteiger partial charge in [0.1, 0.15) is 0 Å². The Labute approximate surface area is 69.4 Å². The highest BCUT2D eigenvalue weighted by atomic mass is 32.1. The van der Waals surface area contributed by atoms with Crippen molar-refractivity contribution in [3.05, 3.63) is 11.9 Å². The van der Waals surface area contributed by atoms with Crippen molar-refractivity contribution in [2.45, 2.75) is 6.42 Å². The minimum absolute atomic E-state index is 0.119. The Kier molecular flexibility index (Phi) is 3.41. The Balaban J connectivity index is 2.41. The predicted molar refractivity (Wildman–Crippen MR) is 43.2 cm³/mol. The second-order valence-electron chi connectivity index (χ2n) is 2.39. The van der Waals surface area contributed by atoms with Gasteiger partial charge in [0.15, 0.2) is 0 Å². The summed E-state index contributed by atoms with van der Waals surface area (Å²) >= 11 is 1.18. The first-order valence-corrected chi connectivity index (χ1v) is 4.17. The molecule has 4 nitrogen and oxygen atoms in total. The normalized spacial score (nSPS) is 13.3. The fourth-order valence-electron chi connectivity index (χ4n) is 0.792. The highest BCUT2D eigenvalue weighted by Gasteiger charge is 2.07. The molecule has 11 heavy (non-hydrogen) atoms. The molecular weight excluding hydrogens is 162 g/mol. The Hall–Kier alpha value is -0.520. The van der Waals surface area contributed by atoms with Crippen molar-refractivity contribution in [2.75, 3.05) is 13.2 Å². The highest BCUT2D eigenvalue weighted by molar-refractivity contribution is 6.99. The summed E-state index contributed by atoms with van der Waals surface area (Å²) in [6.45, 7) is 0.613. The molecule has 0 aromatic carbocycles. The van der Waals surface area contributed by atoms with Gasteiger partial charge in [-0.05, 0) is 18.9 Å². The number of aliphatic hydroxyl groups is 1. The van der Waals surface area contributed by atoms with Crippen molar-refractivity contribution < 1.29 is 5.11 Å². The first-order valence-electron chi connectivity index (χ1n) is 3.44. The van der Waals surface area contributed by atoms with Crippen LogP contribution in [0, 0.1) is 5.92 Å². The molecule has 3 N–H and O–H groups in total. The molecule has 1 unspecified atom stereocenters. The molecule has 0 fully saturated rings. The monoisotopic (exact) mass is 173 g/mol. The molecule has 0 bridgehead atoms. The summed E-state index contributed by atoms with van der Waals surface area (Å²) in [7, 11) is 0. The highest BCUT2D eigenvalue weighted by Crippen LogP contribution is 2.04. The van der Waals surface area contributed by atoms with Gasteiger partial charge in [0, 0.05) is 6.61 Å². The third kappa shape index (κ3) is 2.53. The molecule has 1 heterocycles. The van der Waals surface area contributed by atoms with E-state index < -0.39 is 0 Å². The lowest BCUT2D eigenvalue weighted by Gasteiger charge is -2.07. The number of aromatic nitrogens is 2. The van der Waals surface area contributed by atoms with E-state index in [0.29, 0.717) is 6.54 Å². The topological polar surface area (TPSA) is 72.0 Å². The summed E-state index contributed by atoms with van der Waals surface area (Å²) in [5.74, 6) is 0.124. The van der Waals surface area contributed by atoms with Crippen molar-refractivity contribution in [2.24, 2.45) is 11.7 Å². The maximum Gasteiger partial charge on any atom is 0.0747 e. The SMILES string of the molecule is NCC(CO)Cc1cnsn1. The smallest absolute Gasteiger partial charge is 0.0747 e. The van der Waals surface area contributed by atoms with E-state index in [4.69, 9.17) is 10.8 Å². The van der Waals surface area contributed by atoms with Gasteiger partial charge in [-0.25, -0.2) is 0 Å². The summed E-state index contributed by atoms with van der Waals surface area (Å²) in [6, 6.07) is 0. The Bertz CT molecular complexity index is 186. The lowest BCUT2D eigenvalue weighted by molar-refractivity contribution is 0.229. The summed E-state index contributed by atoms with van der Waals surface area (Å²) in [4.78, 5) is 0. The van der Waals surface area contributed by atoms with Crippen LogP contribution >= 0.6 is 11.7 Å². The van der Waals surface area contributed by atoms with Gasteiger partial charge < -0.3 is 10.8 Å². The largest absolute Gasteiger partial charge is 0.396 e. The first kappa shape index (κ1) is 8.58. The zero-order chi connectivity index (χ0) is 8.10. The number of rotatable bonds is 4. The molecule has 1 aromatic heterocycles. The Morgan fingerprint density at radius 1 is 1.73 bits per heavy atom. The molecular formula is C6H11N3OS. The molecule has 0 spiro atoms. The molecule has 0 saturated heterocycles. The predicted octanol–water partition coefficient (Wildman–Crippen LogP) is -0.352. The van der Waals surface area contributed by atoms with Crippen LogP contribution in [0.15, 0.2) is 6.20 Å². The second kappa shape index (κ2) is 4.38.